The quantitative estimate of drug-likeness (QED) is 0.267. The van der Waals surface area contributed by atoms with Crippen molar-refractivity contribution < 1.29 is 14.6 Å². The van der Waals surface area contributed by atoms with Crippen LogP contribution >= 0.6 is 0 Å². The summed E-state index contributed by atoms with van der Waals surface area (Å²) in [6.07, 6.45) is 12.8. The van der Waals surface area contributed by atoms with Crippen molar-refractivity contribution >= 4 is 0 Å². The van der Waals surface area contributed by atoms with Crippen LogP contribution in [0.4, 0.5) is 0 Å². The summed E-state index contributed by atoms with van der Waals surface area (Å²) in [7, 11) is 1.71. The Bertz CT molecular complexity index is 754. The molecule has 1 fully saturated rings. The highest BCUT2D eigenvalue weighted by Gasteiger charge is 2.51. The van der Waals surface area contributed by atoms with Crippen molar-refractivity contribution in [2.45, 2.75) is 131 Å². The third kappa shape index (κ3) is 7.91. The van der Waals surface area contributed by atoms with Crippen LogP contribution in [0, 0.1) is 38.5 Å². The molecule has 4 atom stereocenters. The number of benzene rings is 1. The van der Waals surface area contributed by atoms with E-state index in [9.17, 15) is 5.11 Å². The van der Waals surface area contributed by atoms with Gasteiger partial charge in [-0.1, -0.05) is 79.1 Å². The lowest BCUT2D eigenvalue weighted by molar-refractivity contribution is 0.283. The van der Waals surface area contributed by atoms with Gasteiger partial charge in [-0.2, -0.15) is 0 Å². The number of aromatic hydroxyl groups is 1. The van der Waals surface area contributed by atoms with Crippen molar-refractivity contribution in [1.29, 1.82) is 0 Å². The molecule has 3 nitrogen and oxygen atoms in total. The maximum absolute atomic E-state index is 10.8. The second kappa shape index (κ2) is 12.5. The van der Waals surface area contributed by atoms with E-state index in [0.717, 1.165) is 58.6 Å². The lowest BCUT2D eigenvalue weighted by Crippen LogP contribution is -2.13. The SMILES string of the molecule is COc1c(C)c(C)c(O)c(C[C@@H]2O[C@@]2(C)CCC[C@H](C)CCC[C@H](C)CCCC(C)C)c1C. The van der Waals surface area contributed by atoms with Gasteiger partial charge in [0.15, 0.2) is 0 Å². The zero-order valence-electron chi connectivity index (χ0n) is 23.1. The molecule has 1 N–H and O–H groups in total. The minimum atomic E-state index is -0.0461. The van der Waals surface area contributed by atoms with Crippen LogP contribution in [0.1, 0.15) is 115 Å². The van der Waals surface area contributed by atoms with Gasteiger partial charge in [-0.25, -0.2) is 0 Å². The van der Waals surface area contributed by atoms with Crippen molar-refractivity contribution in [3.8, 4) is 11.5 Å². The Kier molecular flexibility index (Phi) is 10.6. The third-order valence-electron chi connectivity index (χ3n) is 8.21. The van der Waals surface area contributed by atoms with Gasteiger partial charge in [0.2, 0.25) is 0 Å². The molecule has 1 aliphatic heterocycles. The number of methoxy groups -OCH3 is 1. The van der Waals surface area contributed by atoms with E-state index in [0.29, 0.717) is 5.75 Å². The highest BCUT2D eigenvalue weighted by molar-refractivity contribution is 5.57. The summed E-state index contributed by atoms with van der Waals surface area (Å²) < 4.78 is 11.8. The minimum Gasteiger partial charge on any atom is -0.507 e. The third-order valence-corrected chi connectivity index (χ3v) is 8.21. The molecule has 2 rings (SSSR count). The van der Waals surface area contributed by atoms with Gasteiger partial charge in [0, 0.05) is 12.0 Å². The molecule has 0 aromatic heterocycles. The van der Waals surface area contributed by atoms with E-state index in [2.05, 4.69) is 34.6 Å². The van der Waals surface area contributed by atoms with E-state index in [4.69, 9.17) is 9.47 Å². The Morgan fingerprint density at radius 2 is 1.39 bits per heavy atom. The first-order valence-electron chi connectivity index (χ1n) is 13.5. The Morgan fingerprint density at radius 1 is 0.848 bits per heavy atom. The smallest absolute Gasteiger partial charge is 0.125 e. The standard InChI is InChI=1S/C30H52O3/c1-20(2)13-10-14-21(3)15-11-16-22(4)17-12-18-30(8)27(33-30)19-26-25(7)29(32-9)24(6)23(5)28(26)31/h20-22,27,31H,10-19H2,1-9H3/t21-,22-,27+,30+/m1/s1. The highest BCUT2D eigenvalue weighted by Crippen LogP contribution is 2.46. The van der Waals surface area contributed by atoms with E-state index < -0.39 is 0 Å². The number of phenolic OH excluding ortho intramolecular Hbond substituents is 1. The van der Waals surface area contributed by atoms with Gasteiger partial charge in [-0.3, -0.25) is 0 Å². The van der Waals surface area contributed by atoms with Crippen LogP contribution in [0.15, 0.2) is 0 Å². The molecule has 0 amide bonds. The predicted molar refractivity (Wildman–Crippen MR) is 141 cm³/mol. The molecule has 3 heteroatoms. The zero-order chi connectivity index (χ0) is 24.8. The van der Waals surface area contributed by atoms with Gasteiger partial charge < -0.3 is 14.6 Å². The fraction of sp³-hybridized carbons (Fsp3) is 0.800. The molecule has 0 aliphatic carbocycles. The maximum atomic E-state index is 10.8. The topological polar surface area (TPSA) is 42.0 Å². The fourth-order valence-electron chi connectivity index (χ4n) is 5.46. The van der Waals surface area contributed by atoms with Gasteiger partial charge in [-0.15, -0.1) is 0 Å². The monoisotopic (exact) mass is 460 g/mol. The number of hydrogen-bond acceptors (Lipinski definition) is 3. The average molecular weight is 461 g/mol. The van der Waals surface area contributed by atoms with Gasteiger partial charge in [-0.05, 0) is 68.6 Å². The minimum absolute atomic E-state index is 0.0461. The molecular formula is C30H52O3. The molecule has 1 aliphatic rings. The second-order valence-corrected chi connectivity index (χ2v) is 11.7. The molecule has 0 radical (unpaired) electrons. The van der Waals surface area contributed by atoms with Gasteiger partial charge >= 0.3 is 0 Å². The Labute approximate surface area is 204 Å². The summed E-state index contributed by atoms with van der Waals surface area (Å²) in [5.41, 5.74) is 3.92. The number of hydrogen-bond donors (Lipinski definition) is 1. The van der Waals surface area contributed by atoms with Gasteiger partial charge in [0.25, 0.3) is 0 Å². The van der Waals surface area contributed by atoms with Crippen LogP contribution in [0.3, 0.4) is 0 Å². The van der Waals surface area contributed by atoms with Gasteiger partial charge in [0.1, 0.15) is 11.5 Å². The molecule has 0 spiro atoms. The van der Waals surface area contributed by atoms with Crippen LogP contribution in [-0.4, -0.2) is 23.9 Å². The number of epoxide rings is 1. The lowest BCUT2D eigenvalue weighted by Gasteiger charge is -2.18. The zero-order valence-corrected chi connectivity index (χ0v) is 23.1. The molecule has 1 saturated heterocycles. The maximum Gasteiger partial charge on any atom is 0.125 e. The summed E-state index contributed by atoms with van der Waals surface area (Å²) in [5, 5.41) is 10.8. The molecule has 1 heterocycles. The summed E-state index contributed by atoms with van der Waals surface area (Å²) >= 11 is 0. The molecule has 0 unspecified atom stereocenters. The van der Waals surface area contributed by atoms with Crippen molar-refractivity contribution in [2.24, 2.45) is 17.8 Å². The molecule has 190 valence electrons. The number of phenols is 1. The van der Waals surface area contributed by atoms with E-state index >= 15 is 0 Å². The highest BCUT2D eigenvalue weighted by atomic mass is 16.6. The molecule has 33 heavy (non-hydrogen) atoms. The largest absolute Gasteiger partial charge is 0.507 e. The normalized spacial score (nSPS) is 21.9. The summed E-state index contributed by atoms with van der Waals surface area (Å²) in [6.45, 7) is 17.8. The van der Waals surface area contributed by atoms with Crippen molar-refractivity contribution in [3.63, 3.8) is 0 Å². The van der Waals surface area contributed by atoms with Crippen LogP contribution in [0.2, 0.25) is 0 Å². The first-order chi connectivity index (χ1) is 15.5. The summed E-state index contributed by atoms with van der Waals surface area (Å²) in [5.74, 6) is 3.82. The molecule has 0 saturated carbocycles. The first kappa shape index (κ1) is 28.0. The van der Waals surface area contributed by atoms with Crippen molar-refractivity contribution in [2.75, 3.05) is 7.11 Å². The second-order valence-electron chi connectivity index (χ2n) is 11.7. The Morgan fingerprint density at radius 3 is 1.94 bits per heavy atom. The van der Waals surface area contributed by atoms with Crippen molar-refractivity contribution in [3.05, 3.63) is 22.3 Å². The molecule has 1 aromatic carbocycles. The number of rotatable bonds is 15. The lowest BCUT2D eigenvalue weighted by atomic mass is 9.89. The molecule has 1 aromatic rings. The van der Waals surface area contributed by atoms with E-state index in [1.807, 2.05) is 20.8 Å². The fourth-order valence-corrected chi connectivity index (χ4v) is 5.46. The van der Waals surface area contributed by atoms with Gasteiger partial charge in [0.05, 0.1) is 18.8 Å². The van der Waals surface area contributed by atoms with Crippen LogP contribution < -0.4 is 4.74 Å². The van der Waals surface area contributed by atoms with Crippen LogP contribution in [-0.2, 0) is 11.2 Å². The van der Waals surface area contributed by atoms with Crippen molar-refractivity contribution in [1.82, 2.24) is 0 Å². The first-order valence-corrected chi connectivity index (χ1v) is 13.5. The molecule has 0 bridgehead atoms. The Balaban J connectivity index is 1.72. The average Bonchev–Trinajstić information content (AvgIpc) is 3.39. The number of ether oxygens (including phenoxy) is 2. The summed E-state index contributed by atoms with van der Waals surface area (Å²) in [6, 6.07) is 0. The summed E-state index contributed by atoms with van der Waals surface area (Å²) in [4.78, 5) is 0. The molecular weight excluding hydrogens is 408 g/mol. The van der Waals surface area contributed by atoms with Crippen LogP contribution in [0.25, 0.3) is 0 Å². The van der Waals surface area contributed by atoms with E-state index in [1.165, 1.54) is 51.4 Å². The van der Waals surface area contributed by atoms with E-state index in [1.54, 1.807) is 7.11 Å². The Hall–Kier alpha value is -1.22. The van der Waals surface area contributed by atoms with E-state index in [-0.39, 0.29) is 11.7 Å². The predicted octanol–water partition coefficient (Wildman–Crippen LogP) is 8.47. The van der Waals surface area contributed by atoms with Crippen LogP contribution in [0.5, 0.6) is 11.5 Å².